The predicted molar refractivity (Wildman–Crippen MR) is 137 cm³/mol. The first-order valence-corrected chi connectivity index (χ1v) is 12.6. The lowest BCUT2D eigenvalue weighted by molar-refractivity contribution is -0.143. The van der Waals surface area contributed by atoms with Gasteiger partial charge < -0.3 is 11.1 Å². The van der Waals surface area contributed by atoms with Gasteiger partial charge in [0.15, 0.2) is 11.3 Å². The number of anilines is 1. The summed E-state index contributed by atoms with van der Waals surface area (Å²) in [4.78, 5) is 32.8. The van der Waals surface area contributed by atoms with Gasteiger partial charge in [-0.3, -0.25) is 9.59 Å². The number of aromatic nitrogens is 4. The summed E-state index contributed by atoms with van der Waals surface area (Å²) in [5.74, 6) is -2.15. The van der Waals surface area contributed by atoms with E-state index in [1.54, 1.807) is 18.2 Å². The molecule has 0 aliphatic heterocycles. The second-order valence-corrected chi connectivity index (χ2v) is 10.2. The number of pyridine rings is 1. The number of hydrogen-bond acceptors (Lipinski definition) is 6. The molecule has 8 nitrogen and oxygen atoms in total. The molecule has 4 aromatic heterocycles. The maximum atomic E-state index is 13.7. The Bertz CT molecular complexity index is 1830. The van der Waals surface area contributed by atoms with Crippen molar-refractivity contribution in [3.8, 4) is 11.1 Å². The maximum Gasteiger partial charge on any atom is 0.433 e. The molecule has 0 spiro atoms. The number of nitrogens with zero attached hydrogens (tertiary/aromatic N) is 4. The van der Waals surface area contributed by atoms with Crippen molar-refractivity contribution < 1.29 is 35.9 Å². The number of thiophene rings is 1. The van der Waals surface area contributed by atoms with Crippen molar-refractivity contribution >= 4 is 60.6 Å². The van der Waals surface area contributed by atoms with E-state index >= 15 is 0 Å². The fourth-order valence-corrected chi connectivity index (χ4v) is 5.54. The van der Waals surface area contributed by atoms with Crippen LogP contribution in [-0.4, -0.2) is 31.4 Å². The molecule has 0 aliphatic carbocycles. The molecule has 5 aromatic rings. The fourth-order valence-electron chi connectivity index (χ4n) is 4.01. The Morgan fingerprint density at radius 1 is 1.02 bits per heavy atom. The van der Waals surface area contributed by atoms with E-state index in [9.17, 15) is 35.9 Å². The monoisotopic (exact) mass is 642 g/mol. The maximum absolute atomic E-state index is 13.7. The minimum atomic E-state index is -4.83. The molecule has 0 unspecified atom stereocenters. The van der Waals surface area contributed by atoms with Gasteiger partial charge in [0.05, 0.1) is 10.2 Å². The quantitative estimate of drug-likeness (QED) is 0.218. The molecule has 0 saturated heterocycles. The fraction of sp³-hybridized carbons (Fsp3) is 0.125. The van der Waals surface area contributed by atoms with Crippen molar-refractivity contribution in [1.82, 2.24) is 19.6 Å². The molecule has 16 heteroatoms. The van der Waals surface area contributed by atoms with Gasteiger partial charge in [0.2, 0.25) is 0 Å². The third-order valence-electron chi connectivity index (χ3n) is 5.67. The van der Waals surface area contributed by atoms with Crippen molar-refractivity contribution in [2.24, 2.45) is 5.73 Å². The van der Waals surface area contributed by atoms with Crippen molar-refractivity contribution in [2.75, 3.05) is 5.32 Å². The molecule has 0 fully saturated rings. The van der Waals surface area contributed by atoms with E-state index in [1.807, 2.05) is 0 Å². The Morgan fingerprint density at radius 3 is 2.30 bits per heavy atom. The number of fused-ring (bicyclic) bond motifs is 2. The third-order valence-corrected chi connectivity index (χ3v) is 7.49. The summed E-state index contributed by atoms with van der Waals surface area (Å²) in [6.45, 7) is 1.33. The molecule has 0 radical (unpaired) electrons. The number of benzene rings is 1. The van der Waals surface area contributed by atoms with Crippen LogP contribution in [0.4, 0.5) is 32.0 Å². The predicted octanol–water partition coefficient (Wildman–Crippen LogP) is 6.47. The highest BCUT2D eigenvalue weighted by Gasteiger charge is 2.37. The summed E-state index contributed by atoms with van der Waals surface area (Å²) in [6.07, 6.45) is -9.67. The molecule has 0 saturated carbocycles. The number of halogens is 7. The van der Waals surface area contributed by atoms with Crippen LogP contribution in [0.5, 0.6) is 0 Å². The number of rotatable bonds is 4. The Labute approximate surface area is 232 Å². The zero-order valence-corrected chi connectivity index (χ0v) is 22.2. The molecule has 5 rings (SSSR count). The zero-order valence-electron chi connectivity index (χ0n) is 19.8. The van der Waals surface area contributed by atoms with Crippen LogP contribution in [0.1, 0.15) is 37.2 Å². The first kappa shape index (κ1) is 27.5. The van der Waals surface area contributed by atoms with Gasteiger partial charge in [0.1, 0.15) is 21.1 Å². The van der Waals surface area contributed by atoms with Gasteiger partial charge in [-0.15, -0.1) is 11.3 Å². The standard InChI is InChI=1S/C24H13BrF6N6O2S/c1-9-7-13(24(29,30)31)37-20(33-9)15(25)17(36-37)21(39)35-16-14-11(10-5-3-2-4-6-10)8-12(23(26,27)28)34-22(14)40-18(16)19(32)38/h2-8H,1H3,(H2,32,38)(H,35,39). The van der Waals surface area contributed by atoms with Crippen molar-refractivity contribution in [1.29, 1.82) is 0 Å². The Hall–Kier alpha value is -4.05. The summed E-state index contributed by atoms with van der Waals surface area (Å²) in [5.41, 5.74) is 2.27. The van der Waals surface area contributed by atoms with Crippen LogP contribution in [0, 0.1) is 6.92 Å². The molecular weight excluding hydrogens is 630 g/mol. The summed E-state index contributed by atoms with van der Waals surface area (Å²) in [6, 6.07) is 9.37. The Kier molecular flexibility index (Phi) is 6.57. The van der Waals surface area contributed by atoms with Crippen LogP contribution < -0.4 is 11.1 Å². The molecule has 2 amide bonds. The highest BCUT2D eigenvalue weighted by atomic mass is 79.9. The van der Waals surface area contributed by atoms with Gasteiger partial charge in [0.25, 0.3) is 11.8 Å². The van der Waals surface area contributed by atoms with Crippen LogP contribution in [-0.2, 0) is 12.4 Å². The second kappa shape index (κ2) is 9.55. The topological polar surface area (TPSA) is 115 Å². The first-order valence-electron chi connectivity index (χ1n) is 11.0. The molecule has 0 bridgehead atoms. The van der Waals surface area contributed by atoms with E-state index < -0.39 is 41.2 Å². The van der Waals surface area contributed by atoms with Crippen LogP contribution >= 0.6 is 27.3 Å². The largest absolute Gasteiger partial charge is 0.433 e. The van der Waals surface area contributed by atoms with Gasteiger partial charge >= 0.3 is 12.4 Å². The summed E-state index contributed by atoms with van der Waals surface area (Å²) in [5, 5.41) is 6.17. The van der Waals surface area contributed by atoms with Crippen LogP contribution in [0.25, 0.3) is 27.0 Å². The van der Waals surface area contributed by atoms with Gasteiger partial charge in [-0.25, -0.2) is 14.5 Å². The summed E-state index contributed by atoms with van der Waals surface area (Å²) < 4.78 is 82.2. The minimum Gasteiger partial charge on any atom is -0.365 e. The van der Waals surface area contributed by atoms with E-state index in [0.717, 1.165) is 12.1 Å². The second-order valence-electron chi connectivity index (χ2n) is 8.40. The van der Waals surface area contributed by atoms with E-state index in [4.69, 9.17) is 5.73 Å². The summed E-state index contributed by atoms with van der Waals surface area (Å²) in [7, 11) is 0. The Balaban J connectivity index is 1.73. The number of primary amides is 1. The molecule has 0 aliphatic rings. The molecule has 40 heavy (non-hydrogen) atoms. The molecule has 1 aromatic carbocycles. The lowest BCUT2D eigenvalue weighted by Gasteiger charge is -2.12. The van der Waals surface area contributed by atoms with Gasteiger partial charge in [-0.05, 0) is 46.1 Å². The van der Waals surface area contributed by atoms with Crippen molar-refractivity contribution in [3.05, 3.63) is 74.6 Å². The van der Waals surface area contributed by atoms with Gasteiger partial charge in [-0.1, -0.05) is 30.3 Å². The molecule has 0 atom stereocenters. The van der Waals surface area contributed by atoms with Crippen molar-refractivity contribution in [2.45, 2.75) is 19.3 Å². The van der Waals surface area contributed by atoms with Gasteiger partial charge in [0, 0.05) is 11.1 Å². The number of hydrogen-bond donors (Lipinski definition) is 2. The summed E-state index contributed by atoms with van der Waals surface area (Å²) >= 11 is 3.60. The van der Waals surface area contributed by atoms with Crippen LogP contribution in [0.2, 0.25) is 0 Å². The normalized spacial score (nSPS) is 12.3. The van der Waals surface area contributed by atoms with E-state index in [-0.39, 0.29) is 42.2 Å². The molecule has 4 heterocycles. The zero-order chi connectivity index (χ0) is 29.1. The minimum absolute atomic E-state index is 0.00581. The molecular formula is C24H13BrF6N6O2S. The SMILES string of the molecule is Cc1cc(C(F)(F)F)n2nc(C(=O)Nc3c(C(N)=O)sc4nc(C(F)(F)F)cc(-c5ccccc5)c34)c(Br)c2n1. The smallest absolute Gasteiger partial charge is 0.365 e. The average molecular weight is 643 g/mol. The lowest BCUT2D eigenvalue weighted by Crippen LogP contribution is -2.18. The third kappa shape index (κ3) is 4.77. The molecule has 3 N–H and O–H groups in total. The van der Waals surface area contributed by atoms with E-state index in [0.29, 0.717) is 21.4 Å². The number of nitrogens with two attached hydrogens (primary N) is 1. The first-order chi connectivity index (χ1) is 18.7. The number of nitrogens with one attached hydrogen (secondary N) is 1. The lowest BCUT2D eigenvalue weighted by atomic mass is 10.0. The number of alkyl halides is 6. The van der Waals surface area contributed by atoms with E-state index in [2.05, 4.69) is 36.3 Å². The van der Waals surface area contributed by atoms with Crippen LogP contribution in [0.15, 0.2) is 46.9 Å². The number of carbonyl (C=O) groups excluding carboxylic acids is 2. The molecule has 206 valence electrons. The average Bonchev–Trinajstić information content (AvgIpc) is 3.40. The number of carbonyl (C=O) groups is 2. The van der Waals surface area contributed by atoms with Crippen molar-refractivity contribution in [3.63, 3.8) is 0 Å². The highest BCUT2D eigenvalue weighted by Crippen LogP contribution is 2.44. The number of amides is 2. The van der Waals surface area contributed by atoms with Crippen LogP contribution in [0.3, 0.4) is 0 Å². The van der Waals surface area contributed by atoms with E-state index in [1.165, 1.54) is 19.1 Å². The Morgan fingerprint density at radius 2 is 1.70 bits per heavy atom. The highest BCUT2D eigenvalue weighted by molar-refractivity contribution is 9.10. The number of aryl methyl sites for hydroxylation is 1. The van der Waals surface area contributed by atoms with Gasteiger partial charge in [-0.2, -0.15) is 31.4 Å².